The van der Waals surface area contributed by atoms with Crippen LogP contribution in [0.25, 0.3) is 126 Å². The van der Waals surface area contributed by atoms with Crippen LogP contribution in [0.15, 0.2) is 249 Å². The number of nitrogens with zero attached hydrogens (tertiary/aromatic N) is 4. The highest BCUT2D eigenvalue weighted by atomic mass is 16.3. The Morgan fingerprint density at radius 2 is 1.04 bits per heavy atom. The predicted octanol–water partition coefficient (Wildman–Crippen LogP) is 18.3. The van der Waals surface area contributed by atoms with Gasteiger partial charge in [-0.05, 0) is 89.3 Å². The number of aliphatic imine (C=N–C) groups is 2. The Morgan fingerprint density at radius 3 is 1.87 bits per heavy atom. The van der Waals surface area contributed by atoms with E-state index in [1.54, 1.807) is 0 Å². The standard InChI is InChI=1S/C69H44N4O2/c1-41-33-36-58(53-28-16-27-52-50-25-11-14-32-62(50)74-68(52)53)70-69(55-29-15-26-51-48-23-9-13-31-60(48)73(66(51)55)45-20-3-2-4-21-45)71-65(41)57-39-46(40-63-64(57)54-35-34-42-17-7-8-22-47(42)67(54)75-63)72-59-30-12-10-24-49(59)56-37-43-18-5-6-19-44(43)38-61(56)72/h2-32,34-41H,33H2,1H3/b58-36+,70-69-,71-65+. The Labute approximate surface area is 430 Å². The number of para-hydroxylation sites is 6. The maximum atomic E-state index is 7.21. The van der Waals surface area contributed by atoms with Crippen LogP contribution in [0.3, 0.4) is 0 Å². The van der Waals surface area contributed by atoms with Gasteiger partial charge in [-0.2, -0.15) is 0 Å². The van der Waals surface area contributed by atoms with E-state index >= 15 is 0 Å². The third kappa shape index (κ3) is 6.26. The minimum atomic E-state index is -0.0782. The SMILES string of the molecule is CC1C/C=C(c2cccc3c2oc2ccccc23)/N=C(c2cccc3c4ccccc4n(-c4ccccc4)c23)\N=C/1c1cc(-n2c3ccccc3c3cc4ccccc4cc32)cc2oc3c4ccccc4ccc3c12. The molecular weight excluding hydrogens is 917 g/mol. The Hall–Kier alpha value is -9.78. The molecule has 0 radical (unpaired) electrons. The second-order valence-corrected chi connectivity index (χ2v) is 20.0. The highest BCUT2D eigenvalue weighted by Gasteiger charge is 2.28. The average Bonchev–Trinajstić information content (AvgIpc) is 4.24. The molecule has 4 aromatic heterocycles. The van der Waals surface area contributed by atoms with Crippen molar-refractivity contribution in [3.63, 3.8) is 0 Å². The minimum absolute atomic E-state index is 0.0782. The smallest absolute Gasteiger partial charge is 0.162 e. The summed E-state index contributed by atoms with van der Waals surface area (Å²) < 4.78 is 18.7. The third-order valence-electron chi connectivity index (χ3n) is 15.7. The van der Waals surface area contributed by atoms with Crippen molar-refractivity contribution in [2.45, 2.75) is 13.3 Å². The van der Waals surface area contributed by atoms with Crippen LogP contribution in [0.5, 0.6) is 0 Å². The van der Waals surface area contributed by atoms with Crippen molar-refractivity contribution in [3.05, 3.63) is 247 Å². The molecule has 0 amide bonds. The summed E-state index contributed by atoms with van der Waals surface area (Å²) in [5, 5.41) is 13.5. The second-order valence-electron chi connectivity index (χ2n) is 20.0. The van der Waals surface area contributed by atoms with Gasteiger partial charge in [0.15, 0.2) is 5.84 Å². The lowest BCUT2D eigenvalue weighted by atomic mass is 9.90. The summed E-state index contributed by atoms with van der Waals surface area (Å²) in [5.74, 6) is 0.534. The zero-order valence-corrected chi connectivity index (χ0v) is 40.8. The summed E-state index contributed by atoms with van der Waals surface area (Å²) in [7, 11) is 0. The van der Waals surface area contributed by atoms with E-state index in [0.717, 1.165) is 127 Å². The largest absolute Gasteiger partial charge is 0.455 e. The van der Waals surface area contributed by atoms with E-state index in [1.807, 2.05) is 12.1 Å². The van der Waals surface area contributed by atoms with Crippen molar-refractivity contribution < 1.29 is 8.83 Å². The molecule has 6 heteroatoms. The first-order valence-corrected chi connectivity index (χ1v) is 25.8. The summed E-state index contributed by atoms with van der Waals surface area (Å²) in [6, 6.07) is 80.2. The van der Waals surface area contributed by atoms with Gasteiger partial charge >= 0.3 is 0 Å². The number of fused-ring (bicyclic) bond motifs is 15. The number of benzene rings is 11. The Balaban J connectivity index is 1.03. The van der Waals surface area contributed by atoms with Gasteiger partial charge in [0.25, 0.3) is 0 Å². The molecule has 0 bridgehead atoms. The fraction of sp³-hybridized carbons (Fsp3) is 0.0435. The van der Waals surface area contributed by atoms with Gasteiger partial charge in [0.1, 0.15) is 22.3 Å². The maximum absolute atomic E-state index is 7.21. The normalized spacial score (nSPS) is 16.6. The average molecular weight is 961 g/mol. The molecular formula is C69H44N4O2. The van der Waals surface area contributed by atoms with E-state index in [0.29, 0.717) is 12.3 Å². The highest BCUT2D eigenvalue weighted by Crippen LogP contribution is 2.43. The maximum Gasteiger partial charge on any atom is 0.162 e. The summed E-state index contributed by atoms with van der Waals surface area (Å²) in [5.41, 5.74) is 14.4. The summed E-state index contributed by atoms with van der Waals surface area (Å²) in [6.07, 6.45) is 2.97. The lowest BCUT2D eigenvalue weighted by molar-refractivity contribution is 0.667. The van der Waals surface area contributed by atoms with Gasteiger partial charge in [0, 0.05) is 82.8 Å². The van der Waals surface area contributed by atoms with Crippen molar-refractivity contribution in [2.75, 3.05) is 0 Å². The quantitative estimate of drug-likeness (QED) is 0.173. The van der Waals surface area contributed by atoms with Crippen molar-refractivity contribution in [3.8, 4) is 11.4 Å². The lowest BCUT2D eigenvalue weighted by Crippen LogP contribution is -2.18. The van der Waals surface area contributed by atoms with Crippen LogP contribution in [0.4, 0.5) is 0 Å². The number of amidine groups is 1. The summed E-state index contributed by atoms with van der Waals surface area (Å²) in [6.45, 7) is 2.31. The molecule has 0 spiro atoms. The first kappa shape index (κ1) is 41.8. The predicted molar refractivity (Wildman–Crippen MR) is 312 cm³/mol. The van der Waals surface area contributed by atoms with Gasteiger partial charge in [0.2, 0.25) is 0 Å². The molecule has 11 aromatic carbocycles. The summed E-state index contributed by atoms with van der Waals surface area (Å²) in [4.78, 5) is 11.8. The molecule has 5 heterocycles. The Bertz CT molecular complexity index is 5000. The second kappa shape index (κ2) is 16.1. The zero-order valence-electron chi connectivity index (χ0n) is 40.8. The zero-order chi connectivity index (χ0) is 49.3. The van der Waals surface area contributed by atoms with Gasteiger partial charge < -0.3 is 18.0 Å². The van der Waals surface area contributed by atoms with Gasteiger partial charge in [0.05, 0.1) is 39.2 Å². The fourth-order valence-corrected chi connectivity index (χ4v) is 12.3. The molecule has 0 aliphatic carbocycles. The number of aromatic nitrogens is 2. The molecule has 352 valence electrons. The molecule has 0 N–H and O–H groups in total. The van der Waals surface area contributed by atoms with Crippen molar-refractivity contribution >= 4 is 126 Å². The lowest BCUT2D eigenvalue weighted by Gasteiger charge is -2.21. The molecule has 6 nitrogen and oxygen atoms in total. The number of furan rings is 2. The molecule has 1 aliphatic heterocycles. The van der Waals surface area contributed by atoms with E-state index in [1.165, 1.54) is 21.5 Å². The third-order valence-corrected chi connectivity index (χ3v) is 15.7. The van der Waals surface area contributed by atoms with Gasteiger partial charge in [-0.3, -0.25) is 0 Å². The van der Waals surface area contributed by atoms with Gasteiger partial charge in [-0.25, -0.2) is 9.98 Å². The number of rotatable bonds is 5. The molecule has 0 saturated carbocycles. The molecule has 16 rings (SSSR count). The van der Waals surface area contributed by atoms with Crippen LogP contribution in [-0.2, 0) is 0 Å². The molecule has 0 fully saturated rings. The van der Waals surface area contributed by atoms with Crippen molar-refractivity contribution in [2.24, 2.45) is 15.9 Å². The molecule has 1 unspecified atom stereocenters. The highest BCUT2D eigenvalue weighted by molar-refractivity contribution is 6.28. The number of hydrogen-bond donors (Lipinski definition) is 0. The van der Waals surface area contributed by atoms with Crippen LogP contribution in [0.2, 0.25) is 0 Å². The van der Waals surface area contributed by atoms with Crippen molar-refractivity contribution in [1.82, 2.24) is 9.13 Å². The Kier molecular flexibility index (Phi) is 8.98. The van der Waals surface area contributed by atoms with E-state index in [-0.39, 0.29) is 5.92 Å². The van der Waals surface area contributed by atoms with E-state index in [9.17, 15) is 0 Å². The Morgan fingerprint density at radius 1 is 0.400 bits per heavy atom. The molecule has 1 aliphatic rings. The molecule has 75 heavy (non-hydrogen) atoms. The van der Waals surface area contributed by atoms with Crippen LogP contribution < -0.4 is 0 Å². The first-order chi connectivity index (χ1) is 37.1. The number of hydrogen-bond acceptors (Lipinski definition) is 4. The van der Waals surface area contributed by atoms with Gasteiger partial charge in [-0.1, -0.05) is 165 Å². The van der Waals surface area contributed by atoms with E-state index in [4.69, 9.17) is 18.8 Å². The van der Waals surface area contributed by atoms with E-state index < -0.39 is 0 Å². The topological polar surface area (TPSA) is 60.9 Å². The molecule has 0 saturated heterocycles. The minimum Gasteiger partial charge on any atom is -0.455 e. The monoisotopic (exact) mass is 960 g/mol. The molecule has 15 aromatic rings. The summed E-state index contributed by atoms with van der Waals surface area (Å²) >= 11 is 0. The van der Waals surface area contributed by atoms with Crippen LogP contribution >= 0.6 is 0 Å². The van der Waals surface area contributed by atoms with Crippen LogP contribution in [-0.4, -0.2) is 20.7 Å². The van der Waals surface area contributed by atoms with Gasteiger partial charge in [-0.15, -0.1) is 0 Å². The number of allylic oxidation sites excluding steroid dienone is 1. The molecule has 1 atom stereocenters. The van der Waals surface area contributed by atoms with Crippen LogP contribution in [0, 0.1) is 5.92 Å². The van der Waals surface area contributed by atoms with Crippen LogP contribution in [0.1, 0.15) is 30.0 Å². The first-order valence-electron chi connectivity index (χ1n) is 25.8. The van der Waals surface area contributed by atoms with Crippen molar-refractivity contribution in [1.29, 1.82) is 0 Å². The fourth-order valence-electron chi connectivity index (χ4n) is 12.3. The van der Waals surface area contributed by atoms with E-state index in [2.05, 4.69) is 234 Å².